The Bertz CT molecular complexity index is 1040. The van der Waals surface area contributed by atoms with Crippen molar-refractivity contribution in [2.75, 3.05) is 0 Å². The number of aromatic hydroxyl groups is 1. The summed E-state index contributed by atoms with van der Waals surface area (Å²) in [6.07, 6.45) is 2.65. The first-order valence-corrected chi connectivity index (χ1v) is 10.8. The second kappa shape index (κ2) is 8.51. The van der Waals surface area contributed by atoms with Crippen LogP contribution in [0.1, 0.15) is 35.4 Å². The molecule has 0 heterocycles. The molecule has 0 aliphatic heterocycles. The first kappa shape index (κ1) is 19.9. The number of phenolic OH excluding ortho intramolecular Hbond substituents is 1. The largest absolute Gasteiger partial charge is 0.508 e. The third-order valence-corrected chi connectivity index (χ3v) is 6.01. The van der Waals surface area contributed by atoms with Crippen molar-refractivity contribution in [1.82, 2.24) is 5.43 Å². The summed E-state index contributed by atoms with van der Waals surface area (Å²) in [6, 6.07) is 19.3. The van der Waals surface area contributed by atoms with Gasteiger partial charge in [-0.05, 0) is 82.8 Å². The number of hydrogen-bond acceptors (Lipinski definition) is 3. The third-order valence-electron chi connectivity index (χ3n) is 5.03. The second-order valence-electron chi connectivity index (χ2n) is 6.94. The van der Waals surface area contributed by atoms with Gasteiger partial charge in [0, 0.05) is 21.3 Å². The van der Waals surface area contributed by atoms with Crippen molar-refractivity contribution in [3.8, 4) is 16.9 Å². The summed E-state index contributed by atoms with van der Waals surface area (Å²) in [6.45, 7) is 0. The van der Waals surface area contributed by atoms with Crippen LogP contribution in [0.3, 0.4) is 0 Å². The van der Waals surface area contributed by atoms with E-state index in [1.54, 1.807) is 30.5 Å². The number of amides is 1. The molecule has 3 aromatic carbocycles. The van der Waals surface area contributed by atoms with Gasteiger partial charge in [0.2, 0.25) is 5.91 Å². The van der Waals surface area contributed by atoms with Crippen LogP contribution in [0.25, 0.3) is 11.1 Å². The fourth-order valence-electron chi connectivity index (χ4n) is 3.68. The maximum absolute atomic E-state index is 12.3. The normalized spacial score (nSPS) is 12.8. The molecule has 6 heteroatoms. The van der Waals surface area contributed by atoms with Crippen molar-refractivity contribution in [3.63, 3.8) is 0 Å². The van der Waals surface area contributed by atoms with E-state index in [2.05, 4.69) is 78.8 Å². The van der Waals surface area contributed by atoms with Gasteiger partial charge in [0.25, 0.3) is 0 Å². The molecule has 1 aliphatic carbocycles. The summed E-state index contributed by atoms with van der Waals surface area (Å²) >= 11 is 7.13. The number of hydrogen-bond donors (Lipinski definition) is 2. The molecule has 0 spiro atoms. The van der Waals surface area contributed by atoms with E-state index in [4.69, 9.17) is 0 Å². The molecule has 4 nitrogen and oxygen atoms in total. The molecule has 146 valence electrons. The van der Waals surface area contributed by atoms with Crippen LogP contribution < -0.4 is 5.43 Å². The Kier molecular flexibility index (Phi) is 5.83. The number of nitrogens with one attached hydrogen (secondary N) is 1. The Hall–Kier alpha value is -2.44. The lowest BCUT2D eigenvalue weighted by Crippen LogP contribution is -2.18. The zero-order valence-corrected chi connectivity index (χ0v) is 18.6. The van der Waals surface area contributed by atoms with E-state index in [1.165, 1.54) is 22.3 Å². The molecule has 2 N–H and O–H groups in total. The summed E-state index contributed by atoms with van der Waals surface area (Å²) in [4.78, 5) is 12.3. The highest BCUT2D eigenvalue weighted by atomic mass is 79.9. The molecule has 0 bridgehead atoms. The van der Waals surface area contributed by atoms with Gasteiger partial charge in [-0.2, -0.15) is 5.10 Å². The van der Waals surface area contributed by atoms with E-state index in [-0.39, 0.29) is 17.6 Å². The van der Waals surface area contributed by atoms with Crippen LogP contribution in [0.15, 0.2) is 74.7 Å². The van der Waals surface area contributed by atoms with Crippen LogP contribution >= 0.6 is 31.9 Å². The van der Waals surface area contributed by atoms with Crippen LogP contribution in [0, 0.1) is 0 Å². The number of benzene rings is 3. The molecule has 29 heavy (non-hydrogen) atoms. The maximum Gasteiger partial charge on any atom is 0.240 e. The van der Waals surface area contributed by atoms with Gasteiger partial charge in [0.05, 0.1) is 6.21 Å². The molecule has 0 unspecified atom stereocenters. The van der Waals surface area contributed by atoms with Gasteiger partial charge in [-0.15, -0.1) is 0 Å². The quantitative estimate of drug-likeness (QED) is 0.326. The van der Waals surface area contributed by atoms with Crippen LogP contribution in [-0.2, 0) is 4.79 Å². The van der Waals surface area contributed by atoms with Gasteiger partial charge in [-0.3, -0.25) is 4.79 Å². The van der Waals surface area contributed by atoms with Gasteiger partial charge in [-0.25, -0.2) is 5.43 Å². The monoisotopic (exact) mass is 512 g/mol. The third kappa shape index (κ3) is 4.43. The number of halogens is 2. The van der Waals surface area contributed by atoms with E-state index in [0.717, 1.165) is 14.5 Å². The fourth-order valence-corrected chi connectivity index (χ4v) is 4.40. The van der Waals surface area contributed by atoms with Crippen molar-refractivity contribution < 1.29 is 9.90 Å². The predicted molar refractivity (Wildman–Crippen MR) is 122 cm³/mol. The van der Waals surface area contributed by atoms with Crippen molar-refractivity contribution >= 4 is 44.0 Å². The minimum atomic E-state index is -0.121. The summed E-state index contributed by atoms with van der Waals surface area (Å²) < 4.78 is 2.09. The van der Waals surface area contributed by atoms with Crippen molar-refractivity contribution in [2.24, 2.45) is 5.10 Å². The average molecular weight is 514 g/mol. The Morgan fingerprint density at radius 2 is 1.55 bits per heavy atom. The van der Waals surface area contributed by atoms with E-state index in [9.17, 15) is 9.90 Å². The van der Waals surface area contributed by atoms with E-state index in [0.29, 0.717) is 12.8 Å². The zero-order valence-electron chi connectivity index (χ0n) is 15.4. The van der Waals surface area contributed by atoms with Crippen LogP contribution in [-0.4, -0.2) is 17.2 Å². The highest BCUT2D eigenvalue weighted by Crippen LogP contribution is 2.48. The zero-order chi connectivity index (χ0) is 20.4. The molecular weight excluding hydrogens is 496 g/mol. The first-order valence-electron chi connectivity index (χ1n) is 9.21. The highest BCUT2D eigenvalue weighted by molar-refractivity contribution is 9.10. The van der Waals surface area contributed by atoms with Crippen LogP contribution in [0.2, 0.25) is 0 Å². The Morgan fingerprint density at radius 1 is 0.966 bits per heavy atom. The molecule has 0 saturated carbocycles. The standard InChI is InChI=1S/C23H18Br2N2O2/c24-15-3-7-19-18(20-8-4-16(25)12-22(20)21(19)11-15)9-10-23(29)27-26-13-14-1-5-17(28)6-2-14/h1-8,11-13,18,28H,9-10H2,(H,27,29)/b26-13+. The summed E-state index contributed by atoms with van der Waals surface area (Å²) in [7, 11) is 0. The molecule has 0 fully saturated rings. The summed E-state index contributed by atoms with van der Waals surface area (Å²) in [5, 5.41) is 13.3. The Labute approximate surface area is 185 Å². The number of carbonyl (C=O) groups is 1. The maximum atomic E-state index is 12.3. The average Bonchev–Trinajstić information content (AvgIpc) is 3.00. The molecule has 4 rings (SSSR count). The number of fused-ring (bicyclic) bond motifs is 3. The summed E-state index contributed by atoms with van der Waals surface area (Å²) in [5.41, 5.74) is 8.32. The van der Waals surface area contributed by atoms with Crippen LogP contribution in [0.5, 0.6) is 5.75 Å². The molecule has 1 amide bonds. The number of hydrazone groups is 1. The lowest BCUT2D eigenvalue weighted by molar-refractivity contribution is -0.121. The number of phenols is 1. The van der Waals surface area contributed by atoms with E-state index in [1.807, 2.05) is 0 Å². The minimum absolute atomic E-state index is 0.121. The smallest absolute Gasteiger partial charge is 0.240 e. The second-order valence-corrected chi connectivity index (χ2v) is 8.77. The molecule has 0 saturated heterocycles. The van der Waals surface area contributed by atoms with Gasteiger partial charge in [-0.1, -0.05) is 44.0 Å². The molecule has 1 aliphatic rings. The van der Waals surface area contributed by atoms with Crippen LogP contribution in [0.4, 0.5) is 0 Å². The van der Waals surface area contributed by atoms with Gasteiger partial charge < -0.3 is 5.11 Å². The molecule has 0 radical (unpaired) electrons. The molecule has 0 atom stereocenters. The Morgan fingerprint density at radius 3 is 2.14 bits per heavy atom. The van der Waals surface area contributed by atoms with Gasteiger partial charge in [0.1, 0.15) is 5.75 Å². The van der Waals surface area contributed by atoms with E-state index < -0.39 is 0 Å². The van der Waals surface area contributed by atoms with Crippen molar-refractivity contribution in [2.45, 2.75) is 18.8 Å². The lowest BCUT2D eigenvalue weighted by Gasteiger charge is -2.13. The molecule has 3 aromatic rings. The topological polar surface area (TPSA) is 61.7 Å². The number of rotatable bonds is 5. The predicted octanol–water partition coefficient (Wildman–Crippen LogP) is 5.96. The highest BCUT2D eigenvalue weighted by Gasteiger charge is 2.29. The Balaban J connectivity index is 1.44. The fraction of sp³-hybridized carbons (Fsp3) is 0.130. The SMILES string of the molecule is O=C(CCC1c2ccc(Br)cc2-c2cc(Br)ccc21)N/N=C/c1ccc(O)cc1. The number of nitrogens with zero attached hydrogens (tertiary/aromatic N) is 1. The van der Waals surface area contributed by atoms with Gasteiger partial charge >= 0.3 is 0 Å². The first-order chi connectivity index (χ1) is 14.0. The molecular formula is C23H18Br2N2O2. The van der Waals surface area contributed by atoms with Crippen molar-refractivity contribution in [3.05, 3.63) is 86.3 Å². The number of carbonyl (C=O) groups excluding carboxylic acids is 1. The van der Waals surface area contributed by atoms with Crippen molar-refractivity contribution in [1.29, 1.82) is 0 Å². The van der Waals surface area contributed by atoms with Gasteiger partial charge in [0.15, 0.2) is 0 Å². The lowest BCUT2D eigenvalue weighted by atomic mass is 9.92. The summed E-state index contributed by atoms with van der Waals surface area (Å²) in [5.74, 6) is 0.264. The molecule has 0 aromatic heterocycles. The minimum Gasteiger partial charge on any atom is -0.508 e. The van der Waals surface area contributed by atoms with E-state index >= 15 is 0 Å².